The number of hydrogen-bond donors (Lipinski definition) is 0. The van der Waals surface area contributed by atoms with Crippen molar-refractivity contribution in [3.63, 3.8) is 0 Å². The van der Waals surface area contributed by atoms with Gasteiger partial charge < -0.3 is 4.90 Å². The Labute approximate surface area is 152 Å². The molecule has 0 saturated heterocycles. The normalized spacial score (nSPS) is 11.6. The van der Waals surface area contributed by atoms with Gasteiger partial charge in [0, 0.05) is 18.2 Å². The van der Waals surface area contributed by atoms with E-state index in [0.29, 0.717) is 6.42 Å². The topological polar surface area (TPSA) is 20.3 Å². The highest BCUT2D eigenvalue weighted by atomic mass is 16.2. The van der Waals surface area contributed by atoms with Crippen LogP contribution in [0.5, 0.6) is 0 Å². The molecule has 0 aliphatic heterocycles. The summed E-state index contributed by atoms with van der Waals surface area (Å²) in [5.41, 5.74) is 3.32. The average Bonchev–Trinajstić information content (AvgIpc) is 2.58. The Kier molecular flexibility index (Phi) is 6.41. The zero-order valence-electron chi connectivity index (χ0n) is 16.3. The Balaban J connectivity index is 2.42. The zero-order chi connectivity index (χ0) is 18.4. The van der Waals surface area contributed by atoms with Crippen LogP contribution in [0.1, 0.15) is 53.9 Å². The maximum Gasteiger partial charge on any atom is 0.227 e. The molecular weight excluding hydrogens is 306 g/mol. The number of anilines is 1. The second kappa shape index (κ2) is 8.33. The van der Waals surface area contributed by atoms with Gasteiger partial charge in [0.1, 0.15) is 0 Å². The molecule has 0 spiro atoms. The third-order valence-corrected chi connectivity index (χ3v) is 4.49. The van der Waals surface area contributed by atoms with E-state index < -0.39 is 0 Å². The molecule has 0 atom stereocenters. The molecule has 0 heterocycles. The summed E-state index contributed by atoms with van der Waals surface area (Å²) in [5.74, 6) is 0.214. The molecule has 0 N–H and O–H groups in total. The van der Waals surface area contributed by atoms with Crippen molar-refractivity contribution in [2.75, 3.05) is 4.90 Å². The van der Waals surface area contributed by atoms with Crippen LogP contribution < -0.4 is 4.90 Å². The second-order valence-electron chi connectivity index (χ2n) is 7.89. The molecule has 2 nitrogen and oxygen atoms in total. The molecule has 2 aromatic carbocycles. The van der Waals surface area contributed by atoms with Crippen LogP contribution in [0, 0.1) is 5.41 Å². The third-order valence-electron chi connectivity index (χ3n) is 4.49. The first-order valence-corrected chi connectivity index (χ1v) is 9.33. The summed E-state index contributed by atoms with van der Waals surface area (Å²) in [4.78, 5) is 15.1. The maximum absolute atomic E-state index is 13.1. The van der Waals surface area contributed by atoms with Gasteiger partial charge in [0.2, 0.25) is 5.91 Å². The molecule has 0 aliphatic carbocycles. The largest absolute Gasteiger partial charge is 0.309 e. The number of amides is 1. The molecule has 0 aliphatic rings. The van der Waals surface area contributed by atoms with Crippen molar-refractivity contribution in [1.29, 1.82) is 0 Å². The minimum atomic E-state index is -0.0155. The fourth-order valence-electron chi connectivity index (χ4n) is 3.22. The lowest BCUT2D eigenvalue weighted by molar-refractivity contribution is -0.120. The third kappa shape index (κ3) is 5.19. The summed E-state index contributed by atoms with van der Waals surface area (Å²) < 4.78 is 0. The molecular formula is C23H31NO. The van der Waals surface area contributed by atoms with Gasteiger partial charge in [-0.1, -0.05) is 77.1 Å². The SMILES string of the molecule is CCC(CC)N(C(=O)CC(C)(C)C)c1cccc(-c2ccccc2)c1. The van der Waals surface area contributed by atoms with Crippen molar-refractivity contribution >= 4 is 11.6 Å². The van der Waals surface area contributed by atoms with Crippen molar-refractivity contribution in [2.24, 2.45) is 5.41 Å². The summed E-state index contributed by atoms with van der Waals surface area (Å²) in [6.07, 6.45) is 2.48. The van der Waals surface area contributed by atoms with Crippen molar-refractivity contribution in [1.82, 2.24) is 0 Å². The number of rotatable bonds is 6. The van der Waals surface area contributed by atoms with Gasteiger partial charge in [-0.2, -0.15) is 0 Å². The summed E-state index contributed by atoms with van der Waals surface area (Å²) in [6.45, 7) is 10.7. The van der Waals surface area contributed by atoms with Crippen LogP contribution in [0.3, 0.4) is 0 Å². The Hall–Kier alpha value is -2.09. The van der Waals surface area contributed by atoms with E-state index in [0.717, 1.165) is 24.1 Å². The number of hydrogen-bond acceptors (Lipinski definition) is 1. The Morgan fingerprint density at radius 1 is 0.920 bits per heavy atom. The minimum Gasteiger partial charge on any atom is -0.309 e. The first-order chi connectivity index (χ1) is 11.9. The Morgan fingerprint density at radius 3 is 2.08 bits per heavy atom. The van der Waals surface area contributed by atoms with Gasteiger partial charge in [-0.05, 0) is 41.5 Å². The second-order valence-corrected chi connectivity index (χ2v) is 7.89. The van der Waals surface area contributed by atoms with Crippen molar-refractivity contribution in [2.45, 2.75) is 59.9 Å². The van der Waals surface area contributed by atoms with Crippen LogP contribution in [0.15, 0.2) is 54.6 Å². The lowest BCUT2D eigenvalue weighted by atomic mass is 9.91. The Morgan fingerprint density at radius 2 is 1.52 bits per heavy atom. The molecule has 25 heavy (non-hydrogen) atoms. The molecule has 0 radical (unpaired) electrons. The lowest BCUT2D eigenvalue weighted by Crippen LogP contribution is -2.41. The van der Waals surface area contributed by atoms with Gasteiger partial charge in [-0.25, -0.2) is 0 Å². The van der Waals surface area contributed by atoms with Gasteiger partial charge in [0.25, 0.3) is 0 Å². The van der Waals surface area contributed by atoms with E-state index >= 15 is 0 Å². The highest BCUT2D eigenvalue weighted by Crippen LogP contribution is 2.30. The van der Waals surface area contributed by atoms with E-state index in [1.807, 2.05) is 23.1 Å². The number of carbonyl (C=O) groups excluding carboxylic acids is 1. The maximum atomic E-state index is 13.1. The van der Waals surface area contributed by atoms with Crippen LogP contribution in [0.2, 0.25) is 0 Å². The van der Waals surface area contributed by atoms with Gasteiger partial charge in [0.05, 0.1) is 0 Å². The molecule has 0 saturated carbocycles. The summed E-state index contributed by atoms with van der Waals surface area (Å²) in [7, 11) is 0. The van der Waals surface area contributed by atoms with Gasteiger partial charge in [0.15, 0.2) is 0 Å². The van der Waals surface area contributed by atoms with E-state index in [9.17, 15) is 4.79 Å². The fourth-order valence-corrected chi connectivity index (χ4v) is 3.22. The minimum absolute atomic E-state index is 0.0155. The predicted octanol–water partition coefficient (Wildman–Crippen LogP) is 6.31. The van der Waals surface area contributed by atoms with Gasteiger partial charge in [-0.3, -0.25) is 4.79 Å². The van der Waals surface area contributed by atoms with Crippen LogP contribution in [-0.4, -0.2) is 11.9 Å². The number of benzene rings is 2. The molecule has 0 aromatic heterocycles. The van der Waals surface area contributed by atoms with Crippen molar-refractivity contribution in [3.8, 4) is 11.1 Å². The van der Waals surface area contributed by atoms with Crippen LogP contribution >= 0.6 is 0 Å². The highest BCUT2D eigenvalue weighted by Gasteiger charge is 2.27. The van der Waals surface area contributed by atoms with Gasteiger partial charge >= 0.3 is 0 Å². The molecule has 0 unspecified atom stereocenters. The zero-order valence-corrected chi connectivity index (χ0v) is 16.3. The van der Waals surface area contributed by atoms with Crippen molar-refractivity contribution in [3.05, 3.63) is 54.6 Å². The summed E-state index contributed by atoms with van der Waals surface area (Å²) in [6, 6.07) is 18.9. The number of carbonyl (C=O) groups is 1. The quantitative estimate of drug-likeness (QED) is 0.604. The summed E-state index contributed by atoms with van der Waals surface area (Å²) in [5, 5.41) is 0. The van der Waals surface area contributed by atoms with E-state index in [1.165, 1.54) is 5.56 Å². The van der Waals surface area contributed by atoms with E-state index in [1.54, 1.807) is 0 Å². The molecule has 0 bridgehead atoms. The van der Waals surface area contributed by atoms with Crippen LogP contribution in [0.4, 0.5) is 5.69 Å². The van der Waals surface area contributed by atoms with E-state index in [4.69, 9.17) is 0 Å². The Bertz CT molecular complexity index is 681. The monoisotopic (exact) mass is 337 g/mol. The van der Waals surface area contributed by atoms with E-state index in [-0.39, 0.29) is 17.4 Å². The molecule has 0 fully saturated rings. The lowest BCUT2D eigenvalue weighted by Gasteiger charge is -2.33. The first-order valence-electron chi connectivity index (χ1n) is 9.33. The van der Waals surface area contributed by atoms with Crippen LogP contribution in [-0.2, 0) is 4.79 Å². The molecule has 2 rings (SSSR count). The van der Waals surface area contributed by atoms with Crippen LogP contribution in [0.25, 0.3) is 11.1 Å². The smallest absolute Gasteiger partial charge is 0.227 e. The fraction of sp³-hybridized carbons (Fsp3) is 0.435. The predicted molar refractivity (Wildman–Crippen MR) is 108 cm³/mol. The molecule has 134 valence electrons. The molecule has 1 amide bonds. The van der Waals surface area contributed by atoms with Crippen molar-refractivity contribution < 1.29 is 4.79 Å². The summed E-state index contributed by atoms with van der Waals surface area (Å²) >= 11 is 0. The number of nitrogens with zero attached hydrogens (tertiary/aromatic N) is 1. The van der Waals surface area contributed by atoms with Gasteiger partial charge in [-0.15, -0.1) is 0 Å². The average molecular weight is 338 g/mol. The first kappa shape index (κ1) is 19.2. The molecule has 2 aromatic rings. The standard InChI is InChI=1S/C23H31NO/c1-6-20(7-2)24(22(25)17-23(3,4)5)21-15-11-14-19(16-21)18-12-9-8-10-13-18/h8-16,20H,6-7,17H2,1-5H3. The molecule has 2 heteroatoms. The highest BCUT2D eigenvalue weighted by molar-refractivity contribution is 5.95. The van der Waals surface area contributed by atoms with E-state index in [2.05, 4.69) is 71.0 Å².